The van der Waals surface area contributed by atoms with Crippen LogP contribution in [0.3, 0.4) is 0 Å². The van der Waals surface area contributed by atoms with Crippen LogP contribution in [0.15, 0.2) is 0 Å². The largest absolute Gasteiger partial charge is 0.336 e. The number of carbonyl (C=O) groups excluding carboxylic acids is 3. The van der Waals surface area contributed by atoms with Crippen molar-refractivity contribution in [1.82, 2.24) is 24.9 Å². The van der Waals surface area contributed by atoms with E-state index in [0.29, 0.717) is 44.3 Å². The van der Waals surface area contributed by atoms with Crippen LogP contribution in [0.25, 0.3) is 0 Å². The first-order valence-electron chi connectivity index (χ1n) is 12.1. The molecular weight excluding hydrogens is 394 g/mol. The molecule has 1 unspecified atom stereocenters. The molecule has 0 radical (unpaired) electrons. The van der Waals surface area contributed by atoms with Gasteiger partial charge in [-0.1, -0.05) is 13.3 Å². The molecule has 0 aromatic heterocycles. The average molecular weight is 436 g/mol. The summed E-state index contributed by atoms with van der Waals surface area (Å²) in [5, 5.41) is 2.99. The van der Waals surface area contributed by atoms with Crippen LogP contribution < -0.4 is 5.32 Å². The third-order valence-corrected chi connectivity index (χ3v) is 7.31. The summed E-state index contributed by atoms with van der Waals surface area (Å²) in [7, 11) is 4.18. The van der Waals surface area contributed by atoms with Gasteiger partial charge < -0.3 is 15.1 Å². The van der Waals surface area contributed by atoms with Gasteiger partial charge in [0.1, 0.15) is 5.78 Å². The van der Waals surface area contributed by atoms with Crippen molar-refractivity contribution in [1.29, 1.82) is 0 Å². The van der Waals surface area contributed by atoms with Crippen LogP contribution in [-0.2, 0) is 9.59 Å². The number of unbranched alkanes of at least 4 members (excludes halogenated alkanes) is 1. The van der Waals surface area contributed by atoms with E-state index >= 15 is 0 Å². The lowest BCUT2D eigenvalue weighted by atomic mass is 9.74. The van der Waals surface area contributed by atoms with Crippen LogP contribution >= 0.6 is 0 Å². The third kappa shape index (κ3) is 6.49. The molecule has 3 aliphatic rings. The molecule has 3 fully saturated rings. The van der Waals surface area contributed by atoms with E-state index in [1.165, 1.54) is 4.90 Å². The molecule has 3 atom stereocenters. The number of piperidine rings is 1. The van der Waals surface area contributed by atoms with Gasteiger partial charge in [-0.25, -0.2) is 4.79 Å². The minimum atomic E-state index is -0.267. The molecule has 1 saturated carbocycles. The molecule has 8 heteroatoms. The summed E-state index contributed by atoms with van der Waals surface area (Å²) in [5.74, 6) is 0.265. The second-order valence-electron chi connectivity index (χ2n) is 9.70. The lowest BCUT2D eigenvalue weighted by molar-refractivity contribution is -0.138. The molecule has 0 aromatic rings. The minimum absolute atomic E-state index is 0.0751. The first-order valence-corrected chi connectivity index (χ1v) is 12.1. The number of carbonyl (C=O) groups is 3. The molecule has 176 valence electrons. The van der Waals surface area contributed by atoms with Gasteiger partial charge in [0.05, 0.1) is 5.92 Å². The SMILES string of the molecule is CCCCN(C(=O)NCCN1CCN(C)CC1)C(=O)[C@@H]1C[C@@H]2CC(=O)CCC2N(C)C1. The molecule has 2 aliphatic heterocycles. The lowest BCUT2D eigenvalue weighted by Crippen LogP contribution is -2.55. The first kappa shape index (κ1) is 24.1. The number of ketones is 1. The Morgan fingerprint density at radius 2 is 1.90 bits per heavy atom. The second-order valence-corrected chi connectivity index (χ2v) is 9.70. The second kappa shape index (κ2) is 11.4. The molecule has 3 rings (SSSR count). The van der Waals surface area contributed by atoms with Gasteiger partial charge in [-0.05, 0) is 39.3 Å². The summed E-state index contributed by atoms with van der Waals surface area (Å²) in [6, 6.07) is 0.125. The molecular formula is C23H41N5O3. The van der Waals surface area contributed by atoms with E-state index in [0.717, 1.165) is 58.4 Å². The van der Waals surface area contributed by atoms with Crippen molar-refractivity contribution >= 4 is 17.7 Å². The Morgan fingerprint density at radius 1 is 1.16 bits per heavy atom. The number of urea groups is 1. The fourth-order valence-electron chi connectivity index (χ4n) is 5.33. The maximum Gasteiger partial charge on any atom is 0.324 e. The highest BCUT2D eigenvalue weighted by Gasteiger charge is 2.42. The van der Waals surface area contributed by atoms with Crippen molar-refractivity contribution in [2.75, 3.05) is 66.5 Å². The van der Waals surface area contributed by atoms with E-state index in [1.54, 1.807) is 0 Å². The highest BCUT2D eigenvalue weighted by molar-refractivity contribution is 5.95. The number of likely N-dealkylation sites (tertiary alicyclic amines) is 1. The molecule has 31 heavy (non-hydrogen) atoms. The minimum Gasteiger partial charge on any atom is -0.336 e. The fourth-order valence-corrected chi connectivity index (χ4v) is 5.33. The first-order chi connectivity index (χ1) is 14.9. The molecule has 1 aliphatic carbocycles. The fraction of sp³-hybridized carbons (Fsp3) is 0.870. The highest BCUT2D eigenvalue weighted by atomic mass is 16.2. The zero-order valence-corrected chi connectivity index (χ0v) is 19.6. The molecule has 2 saturated heterocycles. The Balaban J connectivity index is 1.55. The van der Waals surface area contributed by atoms with Gasteiger partial charge in [0, 0.05) is 71.2 Å². The average Bonchev–Trinajstić information content (AvgIpc) is 2.74. The van der Waals surface area contributed by atoms with E-state index in [-0.39, 0.29) is 23.8 Å². The van der Waals surface area contributed by atoms with Gasteiger partial charge in [-0.3, -0.25) is 19.4 Å². The smallest absolute Gasteiger partial charge is 0.324 e. The summed E-state index contributed by atoms with van der Waals surface area (Å²) in [5.41, 5.74) is 0. The van der Waals surface area contributed by atoms with Crippen molar-refractivity contribution in [2.24, 2.45) is 11.8 Å². The summed E-state index contributed by atoms with van der Waals surface area (Å²) >= 11 is 0. The standard InChI is InChI=1S/C23H41N5O3/c1-4-5-9-28(23(31)24-8-10-27-13-11-25(2)12-14-27)22(30)19-15-18-16-20(29)6-7-21(18)26(3)17-19/h18-19,21H,4-17H2,1-3H3,(H,24,31)/t18-,19-,21?/m1/s1. The number of amides is 3. The number of hydrogen-bond donors (Lipinski definition) is 1. The lowest BCUT2D eigenvalue weighted by Gasteiger charge is -2.45. The third-order valence-electron chi connectivity index (χ3n) is 7.31. The maximum atomic E-state index is 13.4. The van der Waals surface area contributed by atoms with Crippen LogP contribution in [0.2, 0.25) is 0 Å². The van der Waals surface area contributed by atoms with Gasteiger partial charge >= 0.3 is 6.03 Å². The van der Waals surface area contributed by atoms with Crippen molar-refractivity contribution in [2.45, 2.75) is 51.5 Å². The Kier molecular flexibility index (Phi) is 8.86. The monoisotopic (exact) mass is 435 g/mol. The number of piperazine rings is 1. The predicted octanol–water partition coefficient (Wildman–Crippen LogP) is 1.26. The van der Waals surface area contributed by atoms with E-state index in [1.807, 2.05) is 0 Å². The molecule has 2 heterocycles. The molecule has 1 N–H and O–H groups in total. The van der Waals surface area contributed by atoms with Crippen LogP contribution in [-0.4, -0.2) is 110 Å². The Hall–Kier alpha value is -1.51. The Bertz CT molecular complexity index is 635. The van der Waals surface area contributed by atoms with Gasteiger partial charge in [0.15, 0.2) is 0 Å². The number of hydrogen-bond acceptors (Lipinski definition) is 6. The van der Waals surface area contributed by atoms with Crippen molar-refractivity contribution in [3.05, 3.63) is 0 Å². The number of imide groups is 1. The summed E-state index contributed by atoms with van der Waals surface area (Å²) in [6.07, 6.45) is 4.59. The summed E-state index contributed by atoms with van der Waals surface area (Å²) in [6.45, 7) is 8.70. The zero-order valence-electron chi connectivity index (χ0n) is 19.6. The number of likely N-dealkylation sites (N-methyl/N-ethyl adjacent to an activating group) is 1. The number of nitrogens with zero attached hydrogens (tertiary/aromatic N) is 4. The Morgan fingerprint density at radius 3 is 2.61 bits per heavy atom. The van der Waals surface area contributed by atoms with Gasteiger partial charge in [-0.2, -0.15) is 0 Å². The van der Waals surface area contributed by atoms with Crippen LogP contribution in [0.1, 0.15) is 45.4 Å². The van der Waals surface area contributed by atoms with E-state index < -0.39 is 0 Å². The number of nitrogens with one attached hydrogen (secondary N) is 1. The van der Waals surface area contributed by atoms with E-state index in [9.17, 15) is 14.4 Å². The zero-order chi connectivity index (χ0) is 22.4. The molecule has 0 spiro atoms. The van der Waals surface area contributed by atoms with Gasteiger partial charge in [-0.15, -0.1) is 0 Å². The number of rotatable bonds is 7. The van der Waals surface area contributed by atoms with Gasteiger partial charge in [0.2, 0.25) is 5.91 Å². The van der Waals surface area contributed by atoms with Gasteiger partial charge in [0.25, 0.3) is 0 Å². The van der Waals surface area contributed by atoms with Crippen LogP contribution in [0, 0.1) is 11.8 Å². The normalized spacial score (nSPS) is 28.2. The number of fused-ring (bicyclic) bond motifs is 1. The number of Topliss-reactive ketones (excluding diaryl/α,β-unsaturated/α-hetero) is 1. The molecule has 3 amide bonds. The predicted molar refractivity (Wildman–Crippen MR) is 121 cm³/mol. The van der Waals surface area contributed by atoms with Crippen molar-refractivity contribution < 1.29 is 14.4 Å². The quantitative estimate of drug-likeness (QED) is 0.649. The summed E-state index contributed by atoms with van der Waals surface area (Å²) < 4.78 is 0. The van der Waals surface area contributed by atoms with E-state index in [2.05, 4.69) is 41.0 Å². The topological polar surface area (TPSA) is 76.2 Å². The molecule has 0 bridgehead atoms. The highest BCUT2D eigenvalue weighted by Crippen LogP contribution is 2.36. The Labute approximate surface area is 187 Å². The van der Waals surface area contributed by atoms with Crippen molar-refractivity contribution in [3.8, 4) is 0 Å². The molecule has 0 aromatic carbocycles. The van der Waals surface area contributed by atoms with Crippen LogP contribution in [0.5, 0.6) is 0 Å². The summed E-state index contributed by atoms with van der Waals surface area (Å²) in [4.78, 5) is 46.6. The van der Waals surface area contributed by atoms with E-state index in [4.69, 9.17) is 0 Å². The van der Waals surface area contributed by atoms with Crippen LogP contribution in [0.4, 0.5) is 4.79 Å². The molecule has 8 nitrogen and oxygen atoms in total. The maximum absolute atomic E-state index is 13.4. The van der Waals surface area contributed by atoms with Crippen molar-refractivity contribution in [3.63, 3.8) is 0 Å².